The largest absolute Gasteiger partial charge is 0.480 e. The van der Waals surface area contributed by atoms with Gasteiger partial charge >= 0.3 is 11.9 Å². The Morgan fingerprint density at radius 1 is 0.526 bits per heavy atom. The number of carbonyl (C=O) groups excluding carboxylic acids is 3. The molecule has 0 bridgehead atoms. The normalized spacial score (nSPS) is 12.6. The summed E-state index contributed by atoms with van der Waals surface area (Å²) in [5.41, 5.74) is 0. The van der Waals surface area contributed by atoms with Crippen LogP contribution in [-0.4, -0.2) is 59.3 Å². The Morgan fingerprint density at radius 3 is 1.42 bits per heavy atom. The van der Waals surface area contributed by atoms with E-state index in [2.05, 4.69) is 48.8 Å². The van der Waals surface area contributed by atoms with E-state index in [9.17, 15) is 19.2 Å². The van der Waals surface area contributed by atoms with Crippen molar-refractivity contribution in [1.82, 2.24) is 10.6 Å². The molecule has 0 aliphatic carbocycles. The smallest absolute Gasteiger partial charge is 0.328 e. The van der Waals surface area contributed by atoms with E-state index in [1.165, 1.54) is 148 Å². The molecule has 0 heterocycles. The minimum absolute atomic E-state index is 0.109. The molecule has 4 N–H and O–H groups in total. The Morgan fingerprint density at radius 2 is 0.947 bits per heavy atom. The van der Waals surface area contributed by atoms with Crippen molar-refractivity contribution in [3.8, 4) is 0 Å². The van der Waals surface area contributed by atoms with E-state index in [1.54, 1.807) is 0 Å². The molecule has 9 heteroatoms. The number of rotatable bonds is 43. The average molecular weight is 805 g/mol. The number of ether oxygens (including phenoxy) is 1. The maximum Gasteiger partial charge on any atom is 0.328 e. The number of carboxylic acid groups (broad SMARTS) is 1. The Balaban J connectivity index is 4.18. The van der Waals surface area contributed by atoms with Crippen molar-refractivity contribution in [1.29, 1.82) is 0 Å². The lowest BCUT2D eigenvalue weighted by Gasteiger charge is -2.15. The number of carboxylic acids is 1. The maximum atomic E-state index is 12.8. The van der Waals surface area contributed by atoms with E-state index in [0.29, 0.717) is 12.8 Å². The van der Waals surface area contributed by atoms with Gasteiger partial charge in [0.05, 0.1) is 13.2 Å². The van der Waals surface area contributed by atoms with E-state index in [0.717, 1.165) is 51.4 Å². The minimum atomic E-state index is -1.39. The summed E-state index contributed by atoms with van der Waals surface area (Å²) >= 11 is 0. The number of aliphatic carboxylic acids is 1. The molecule has 0 spiro atoms. The Hall–Kier alpha value is -2.68. The number of hydrogen-bond acceptors (Lipinski definition) is 6. The van der Waals surface area contributed by atoms with Crippen molar-refractivity contribution in [3.05, 3.63) is 24.3 Å². The van der Waals surface area contributed by atoms with Gasteiger partial charge in [0.1, 0.15) is 12.1 Å². The minimum Gasteiger partial charge on any atom is -0.480 e. The average Bonchev–Trinajstić information content (AvgIpc) is 3.20. The van der Waals surface area contributed by atoms with Crippen molar-refractivity contribution >= 4 is 23.8 Å². The first kappa shape index (κ1) is 54.3. The summed E-state index contributed by atoms with van der Waals surface area (Å²) in [7, 11) is 0. The molecule has 0 aromatic heterocycles. The highest BCUT2D eigenvalue weighted by Crippen LogP contribution is 2.16. The lowest BCUT2D eigenvalue weighted by atomic mass is 10.0. The molecule has 0 saturated carbocycles. The second-order valence-electron chi connectivity index (χ2n) is 16.2. The molecule has 9 nitrogen and oxygen atoms in total. The fraction of sp³-hybridized carbons (Fsp3) is 0.833. The molecule has 2 amide bonds. The van der Waals surface area contributed by atoms with Gasteiger partial charge in [-0.15, -0.1) is 0 Å². The van der Waals surface area contributed by atoms with Gasteiger partial charge in [0.25, 0.3) is 0 Å². The number of aliphatic hydroxyl groups excluding tert-OH is 1. The molecule has 0 rings (SSSR count). The number of hydrogen-bond donors (Lipinski definition) is 4. The third-order valence-corrected chi connectivity index (χ3v) is 10.7. The van der Waals surface area contributed by atoms with Crippen LogP contribution < -0.4 is 10.6 Å². The van der Waals surface area contributed by atoms with Crippen LogP contribution in [0.1, 0.15) is 232 Å². The molecule has 57 heavy (non-hydrogen) atoms. The number of aliphatic hydroxyl groups is 1. The van der Waals surface area contributed by atoms with Crippen LogP contribution in [0, 0.1) is 0 Å². The number of nitrogens with one attached hydrogen (secondary N) is 2. The number of carbonyl (C=O) groups is 4. The summed E-state index contributed by atoms with van der Waals surface area (Å²) in [6, 6.07) is -1.39. The molecule has 332 valence electrons. The highest BCUT2D eigenvalue weighted by Gasteiger charge is 2.19. The molecule has 0 aliphatic rings. The van der Waals surface area contributed by atoms with Gasteiger partial charge in [-0.3, -0.25) is 14.4 Å². The first-order valence-corrected chi connectivity index (χ1v) is 23.7. The molecule has 0 aliphatic heterocycles. The Kier molecular flexibility index (Phi) is 40.9. The topological polar surface area (TPSA) is 142 Å². The van der Waals surface area contributed by atoms with Crippen LogP contribution in [0.2, 0.25) is 0 Å². The first-order chi connectivity index (χ1) is 27.8. The maximum absolute atomic E-state index is 12.8. The van der Waals surface area contributed by atoms with Crippen molar-refractivity contribution in [2.24, 2.45) is 0 Å². The van der Waals surface area contributed by atoms with Crippen LogP contribution in [0.5, 0.6) is 0 Å². The van der Waals surface area contributed by atoms with E-state index in [4.69, 9.17) is 14.9 Å². The Labute approximate surface area is 349 Å². The van der Waals surface area contributed by atoms with Crippen LogP contribution in [0.15, 0.2) is 24.3 Å². The SMILES string of the molecule is CCCCCCCCC/C=C\C(CCCCCCC(=O)NCC(=O)NC(CO)C(=O)O)OC(=O)CCCCCCCCCCC/C=C\CCCCCCCCCC. The van der Waals surface area contributed by atoms with Gasteiger partial charge < -0.3 is 25.6 Å². The second-order valence-corrected chi connectivity index (χ2v) is 16.2. The first-order valence-electron chi connectivity index (χ1n) is 23.7. The van der Waals surface area contributed by atoms with Crippen molar-refractivity contribution in [2.45, 2.75) is 244 Å². The van der Waals surface area contributed by atoms with Gasteiger partial charge in [0.15, 0.2) is 0 Å². The van der Waals surface area contributed by atoms with Crippen LogP contribution in [0.25, 0.3) is 0 Å². The highest BCUT2D eigenvalue weighted by atomic mass is 16.5. The number of allylic oxidation sites excluding steroid dienone is 3. The quantitative estimate of drug-likeness (QED) is 0.0273. The van der Waals surface area contributed by atoms with Crippen molar-refractivity contribution in [3.63, 3.8) is 0 Å². The van der Waals surface area contributed by atoms with E-state index in [-0.39, 0.29) is 30.9 Å². The molecule has 0 fully saturated rings. The van der Waals surface area contributed by atoms with Gasteiger partial charge in [-0.1, -0.05) is 173 Å². The number of esters is 1. The zero-order valence-corrected chi connectivity index (χ0v) is 36.9. The lowest BCUT2D eigenvalue weighted by Crippen LogP contribution is -2.47. The van der Waals surface area contributed by atoms with Crippen molar-refractivity contribution in [2.75, 3.05) is 13.2 Å². The van der Waals surface area contributed by atoms with E-state index in [1.807, 2.05) is 0 Å². The lowest BCUT2D eigenvalue weighted by molar-refractivity contribution is -0.147. The van der Waals surface area contributed by atoms with Crippen LogP contribution in [0.3, 0.4) is 0 Å². The summed E-state index contributed by atoms with van der Waals surface area (Å²) in [5, 5.41) is 22.6. The number of unbranched alkanes of at least 4 members (excludes halogenated alkanes) is 27. The Bertz CT molecular complexity index is 1010. The molecular weight excluding hydrogens is 717 g/mol. The zero-order valence-electron chi connectivity index (χ0n) is 36.9. The molecule has 0 aromatic carbocycles. The predicted octanol–water partition coefficient (Wildman–Crippen LogP) is 12.0. The van der Waals surface area contributed by atoms with Crippen LogP contribution in [-0.2, 0) is 23.9 Å². The van der Waals surface area contributed by atoms with Crippen molar-refractivity contribution < 1.29 is 34.1 Å². The molecule has 2 atom stereocenters. The second kappa shape index (κ2) is 42.9. The monoisotopic (exact) mass is 805 g/mol. The zero-order chi connectivity index (χ0) is 41.9. The summed E-state index contributed by atoms with van der Waals surface area (Å²) in [5.74, 6) is -2.39. The standard InChI is InChI=1S/C48H88N2O7/c1-3-5-7-9-11-13-14-15-16-17-18-19-20-21-22-23-24-26-28-30-36-40-47(54)57-43(37-33-29-27-25-12-10-8-6-4-2)38-34-31-32-35-39-45(52)49-41-46(53)50-44(42-51)48(55)56/h17-18,33,37,43-44,51H,3-16,19-32,34-36,38-42H2,1-2H3,(H,49,52)(H,50,53)(H,55,56)/b18-17-,37-33-. The van der Waals surface area contributed by atoms with Gasteiger partial charge in [-0.25, -0.2) is 4.79 Å². The highest BCUT2D eigenvalue weighted by molar-refractivity contribution is 5.87. The van der Waals surface area contributed by atoms with Gasteiger partial charge in [-0.05, 0) is 70.3 Å². The summed E-state index contributed by atoms with van der Waals surface area (Å²) in [4.78, 5) is 47.6. The summed E-state index contributed by atoms with van der Waals surface area (Å²) in [6.07, 6.45) is 48.0. The summed E-state index contributed by atoms with van der Waals surface area (Å²) < 4.78 is 5.93. The fourth-order valence-corrected chi connectivity index (χ4v) is 6.97. The van der Waals surface area contributed by atoms with Crippen LogP contribution >= 0.6 is 0 Å². The van der Waals surface area contributed by atoms with E-state index >= 15 is 0 Å². The van der Waals surface area contributed by atoms with Gasteiger partial charge in [-0.2, -0.15) is 0 Å². The van der Waals surface area contributed by atoms with Gasteiger partial charge in [0.2, 0.25) is 11.8 Å². The third-order valence-electron chi connectivity index (χ3n) is 10.7. The van der Waals surface area contributed by atoms with E-state index < -0.39 is 24.5 Å². The fourth-order valence-electron chi connectivity index (χ4n) is 6.97. The molecular formula is C48H88N2O7. The number of amides is 2. The third kappa shape index (κ3) is 39.9. The summed E-state index contributed by atoms with van der Waals surface area (Å²) in [6.45, 7) is 3.46. The molecule has 0 aromatic rings. The van der Waals surface area contributed by atoms with Crippen LogP contribution in [0.4, 0.5) is 0 Å². The van der Waals surface area contributed by atoms with Gasteiger partial charge in [0, 0.05) is 12.8 Å². The predicted molar refractivity (Wildman–Crippen MR) is 236 cm³/mol. The molecule has 0 saturated heterocycles. The molecule has 0 radical (unpaired) electrons. The molecule has 2 unspecified atom stereocenters.